The number of ether oxygens (including phenoxy) is 3. The summed E-state index contributed by atoms with van der Waals surface area (Å²) in [6.07, 6.45) is 0. The zero-order chi connectivity index (χ0) is 20.1. The fourth-order valence-electron chi connectivity index (χ4n) is 3.07. The molecule has 0 amide bonds. The summed E-state index contributed by atoms with van der Waals surface area (Å²) >= 11 is 7.77. The lowest BCUT2D eigenvalue weighted by Gasteiger charge is -2.15. The summed E-state index contributed by atoms with van der Waals surface area (Å²) in [7, 11) is 7.08. The largest absolute Gasteiger partial charge is 0.496 e. The highest BCUT2D eigenvalue weighted by Gasteiger charge is 2.14. The molecule has 148 valence electrons. The molecule has 3 aromatic rings. The molecule has 28 heavy (non-hydrogen) atoms. The van der Waals surface area contributed by atoms with Gasteiger partial charge in [-0.25, -0.2) is 4.98 Å². The molecule has 5 nitrogen and oxygen atoms in total. The number of quaternary nitrogens is 1. The number of methoxy groups -OCH3 is 3. The van der Waals surface area contributed by atoms with Gasteiger partial charge in [0.15, 0.2) is 11.5 Å². The molecule has 1 atom stereocenters. The van der Waals surface area contributed by atoms with Crippen LogP contribution < -0.4 is 19.1 Å². The molecule has 0 fully saturated rings. The van der Waals surface area contributed by atoms with Crippen molar-refractivity contribution in [3.63, 3.8) is 0 Å². The quantitative estimate of drug-likeness (QED) is 0.604. The lowest BCUT2D eigenvalue weighted by atomic mass is 10.2. The lowest BCUT2D eigenvalue weighted by Crippen LogP contribution is -3.06. The number of hydrogen-bond acceptors (Lipinski definition) is 5. The van der Waals surface area contributed by atoms with Gasteiger partial charge in [0.1, 0.15) is 29.5 Å². The van der Waals surface area contributed by atoms with E-state index in [0.29, 0.717) is 16.5 Å². The standard InChI is InChI=1S/C21H23ClN2O3S/c1-24(11-15-9-16(22)6-8-18(15)25-2)12-17-13-28-21(23-17)14-5-7-19(26-3)20(10-14)27-4/h5-10,13H,11-12H2,1-4H3/p+1. The highest BCUT2D eigenvalue weighted by molar-refractivity contribution is 7.13. The fourth-order valence-corrected chi connectivity index (χ4v) is 4.08. The van der Waals surface area contributed by atoms with Crippen molar-refractivity contribution in [2.45, 2.75) is 13.1 Å². The molecule has 1 unspecified atom stereocenters. The van der Waals surface area contributed by atoms with Crippen LogP contribution in [0.3, 0.4) is 0 Å². The van der Waals surface area contributed by atoms with Crippen molar-refractivity contribution >= 4 is 22.9 Å². The van der Waals surface area contributed by atoms with Crippen LogP contribution in [0.15, 0.2) is 41.8 Å². The van der Waals surface area contributed by atoms with Gasteiger partial charge in [0.25, 0.3) is 0 Å². The molecule has 0 bridgehead atoms. The molecule has 0 aliphatic carbocycles. The second-order valence-corrected chi connectivity index (χ2v) is 7.78. The molecule has 3 rings (SSSR count). The number of rotatable bonds is 8. The smallest absolute Gasteiger partial charge is 0.161 e. The highest BCUT2D eigenvalue weighted by atomic mass is 35.5. The Kier molecular flexibility index (Phi) is 6.78. The first-order chi connectivity index (χ1) is 13.5. The van der Waals surface area contributed by atoms with Gasteiger partial charge in [0, 0.05) is 21.5 Å². The Morgan fingerprint density at radius 2 is 1.64 bits per heavy atom. The van der Waals surface area contributed by atoms with Gasteiger partial charge in [-0.15, -0.1) is 11.3 Å². The van der Waals surface area contributed by atoms with Crippen LogP contribution in [0, 0.1) is 0 Å². The van der Waals surface area contributed by atoms with E-state index in [0.717, 1.165) is 40.7 Å². The van der Waals surface area contributed by atoms with Crippen molar-refractivity contribution in [1.82, 2.24) is 4.98 Å². The highest BCUT2D eigenvalue weighted by Crippen LogP contribution is 2.33. The molecule has 1 aromatic heterocycles. The van der Waals surface area contributed by atoms with Crippen LogP contribution in [0.2, 0.25) is 5.02 Å². The maximum absolute atomic E-state index is 6.14. The predicted octanol–water partition coefficient (Wildman–Crippen LogP) is 3.70. The van der Waals surface area contributed by atoms with Crippen molar-refractivity contribution < 1.29 is 19.1 Å². The van der Waals surface area contributed by atoms with Crippen LogP contribution in [-0.4, -0.2) is 33.4 Å². The monoisotopic (exact) mass is 419 g/mol. The number of nitrogens with one attached hydrogen (secondary N) is 1. The van der Waals surface area contributed by atoms with Gasteiger partial charge in [-0.05, 0) is 36.4 Å². The molecule has 1 N–H and O–H groups in total. The van der Waals surface area contributed by atoms with Crippen LogP contribution in [0.1, 0.15) is 11.3 Å². The van der Waals surface area contributed by atoms with Gasteiger partial charge in [-0.1, -0.05) is 11.6 Å². The van der Waals surface area contributed by atoms with E-state index >= 15 is 0 Å². The number of nitrogens with zero attached hydrogens (tertiary/aromatic N) is 1. The topological polar surface area (TPSA) is 45.0 Å². The van der Waals surface area contributed by atoms with Crippen LogP contribution in [0.4, 0.5) is 0 Å². The number of hydrogen-bond donors (Lipinski definition) is 1. The summed E-state index contributed by atoms with van der Waals surface area (Å²) in [5, 5.41) is 3.78. The van der Waals surface area contributed by atoms with Gasteiger partial charge < -0.3 is 19.1 Å². The molecule has 0 aliphatic rings. The molecule has 0 aliphatic heterocycles. The Hall–Kier alpha value is -2.28. The third-order valence-electron chi connectivity index (χ3n) is 4.40. The third-order valence-corrected chi connectivity index (χ3v) is 5.58. The second kappa shape index (κ2) is 9.28. The number of aromatic nitrogens is 1. The van der Waals surface area contributed by atoms with Crippen molar-refractivity contribution in [3.8, 4) is 27.8 Å². The van der Waals surface area contributed by atoms with E-state index in [2.05, 4.69) is 12.4 Å². The molecular weight excluding hydrogens is 396 g/mol. The average Bonchev–Trinajstić information content (AvgIpc) is 3.15. The van der Waals surface area contributed by atoms with E-state index in [-0.39, 0.29) is 0 Å². The Balaban J connectivity index is 1.72. The van der Waals surface area contributed by atoms with Crippen LogP contribution in [0.25, 0.3) is 10.6 Å². The van der Waals surface area contributed by atoms with Crippen LogP contribution in [-0.2, 0) is 13.1 Å². The first kappa shape index (κ1) is 20.5. The maximum atomic E-state index is 6.14. The zero-order valence-corrected chi connectivity index (χ0v) is 18.0. The second-order valence-electron chi connectivity index (χ2n) is 6.48. The normalized spacial score (nSPS) is 11.9. The molecule has 0 saturated carbocycles. The molecular formula is C21H24ClN2O3S+. The van der Waals surface area contributed by atoms with Crippen molar-refractivity contribution in [3.05, 3.63) is 58.1 Å². The summed E-state index contributed by atoms with van der Waals surface area (Å²) in [6, 6.07) is 11.6. The Bertz CT molecular complexity index is 945. The molecule has 2 aromatic carbocycles. The summed E-state index contributed by atoms with van der Waals surface area (Å²) < 4.78 is 16.1. The minimum Gasteiger partial charge on any atom is -0.496 e. The van der Waals surface area contributed by atoms with Crippen molar-refractivity contribution in [2.75, 3.05) is 28.4 Å². The molecule has 1 heterocycles. The zero-order valence-electron chi connectivity index (χ0n) is 16.4. The minimum absolute atomic E-state index is 0.701. The van der Waals surface area contributed by atoms with Gasteiger partial charge in [-0.3, -0.25) is 0 Å². The van der Waals surface area contributed by atoms with E-state index in [1.54, 1.807) is 32.7 Å². The summed E-state index contributed by atoms with van der Waals surface area (Å²) in [5.74, 6) is 2.27. The minimum atomic E-state index is 0.701. The van der Waals surface area contributed by atoms with E-state index < -0.39 is 0 Å². The Morgan fingerprint density at radius 3 is 2.36 bits per heavy atom. The van der Waals surface area contributed by atoms with Gasteiger partial charge in [0.2, 0.25) is 0 Å². The number of benzene rings is 2. The van der Waals surface area contributed by atoms with E-state index in [4.69, 9.17) is 30.8 Å². The predicted molar refractivity (Wildman–Crippen MR) is 113 cm³/mol. The summed E-state index contributed by atoms with van der Waals surface area (Å²) in [6.45, 7) is 1.60. The van der Waals surface area contributed by atoms with Crippen molar-refractivity contribution in [2.24, 2.45) is 0 Å². The SMILES string of the molecule is COc1ccc(Cl)cc1C[NH+](C)Cc1csc(-c2ccc(OC)c(OC)c2)n1. The number of thiazole rings is 1. The molecule has 7 heteroatoms. The molecule has 0 spiro atoms. The first-order valence-corrected chi connectivity index (χ1v) is 10.1. The average molecular weight is 420 g/mol. The van der Waals surface area contributed by atoms with Crippen LogP contribution >= 0.6 is 22.9 Å². The fraction of sp³-hybridized carbons (Fsp3) is 0.286. The van der Waals surface area contributed by atoms with Crippen molar-refractivity contribution in [1.29, 1.82) is 0 Å². The Labute approximate surface area is 174 Å². The summed E-state index contributed by atoms with van der Waals surface area (Å²) in [5.41, 5.74) is 3.15. The maximum Gasteiger partial charge on any atom is 0.161 e. The molecule has 0 saturated heterocycles. The van der Waals surface area contributed by atoms with E-state index in [1.165, 1.54) is 4.90 Å². The van der Waals surface area contributed by atoms with E-state index in [1.807, 2.05) is 36.4 Å². The number of halogens is 1. The van der Waals surface area contributed by atoms with Gasteiger partial charge in [-0.2, -0.15) is 0 Å². The summed E-state index contributed by atoms with van der Waals surface area (Å²) in [4.78, 5) is 6.09. The van der Waals surface area contributed by atoms with Crippen LogP contribution in [0.5, 0.6) is 17.2 Å². The first-order valence-electron chi connectivity index (χ1n) is 8.84. The van der Waals surface area contributed by atoms with E-state index in [9.17, 15) is 0 Å². The molecule has 0 radical (unpaired) electrons. The van der Waals surface area contributed by atoms with Gasteiger partial charge >= 0.3 is 0 Å². The lowest BCUT2D eigenvalue weighted by molar-refractivity contribution is -0.908. The van der Waals surface area contributed by atoms with Gasteiger partial charge in [0.05, 0.1) is 28.4 Å². The third kappa shape index (κ3) is 4.76. The Morgan fingerprint density at radius 1 is 0.929 bits per heavy atom.